The average molecular weight is 344 g/mol. The van der Waals surface area contributed by atoms with Gasteiger partial charge in [0.15, 0.2) is 9.84 Å². The summed E-state index contributed by atoms with van der Waals surface area (Å²) in [6.45, 7) is 2.06. The van der Waals surface area contributed by atoms with Crippen LogP contribution in [0.15, 0.2) is 24.3 Å². The van der Waals surface area contributed by atoms with Crippen molar-refractivity contribution >= 4 is 15.7 Å². The molecule has 128 valence electrons. The molecule has 1 fully saturated rings. The highest BCUT2D eigenvalue weighted by Gasteiger charge is 2.23. The maximum atomic E-state index is 13.0. The summed E-state index contributed by atoms with van der Waals surface area (Å²) in [7, 11) is -3.30. The lowest BCUT2D eigenvalue weighted by atomic mass is 10.1. The van der Waals surface area contributed by atoms with Crippen molar-refractivity contribution in [2.75, 3.05) is 37.7 Å². The number of carbonyl (C=O) groups is 1. The van der Waals surface area contributed by atoms with Gasteiger partial charge in [-0.05, 0) is 17.7 Å². The molecule has 0 aromatic heterocycles. The van der Waals surface area contributed by atoms with Crippen molar-refractivity contribution in [3.05, 3.63) is 35.6 Å². The van der Waals surface area contributed by atoms with Crippen LogP contribution in [0.5, 0.6) is 0 Å². The Hall–Kier alpha value is -1.51. The van der Waals surface area contributed by atoms with E-state index in [0.717, 1.165) is 5.56 Å². The van der Waals surface area contributed by atoms with E-state index in [4.69, 9.17) is 10.5 Å². The predicted molar refractivity (Wildman–Crippen MR) is 84.0 cm³/mol. The van der Waals surface area contributed by atoms with Crippen molar-refractivity contribution in [3.8, 4) is 0 Å². The van der Waals surface area contributed by atoms with E-state index in [9.17, 15) is 17.6 Å². The highest BCUT2D eigenvalue weighted by atomic mass is 32.2. The molecule has 8 heteroatoms. The summed E-state index contributed by atoms with van der Waals surface area (Å²) in [5, 5.41) is 0. The van der Waals surface area contributed by atoms with Crippen LogP contribution in [0.2, 0.25) is 0 Å². The zero-order valence-corrected chi connectivity index (χ0v) is 13.6. The number of amides is 1. The van der Waals surface area contributed by atoms with Gasteiger partial charge in [-0.3, -0.25) is 9.69 Å². The Labute approximate surface area is 135 Å². The number of nitrogens with two attached hydrogens (primary N) is 1. The summed E-state index contributed by atoms with van der Waals surface area (Å²) in [5.74, 6) is -1.15. The summed E-state index contributed by atoms with van der Waals surface area (Å²) in [4.78, 5) is 12.7. The fourth-order valence-electron chi connectivity index (χ4n) is 2.41. The Balaban J connectivity index is 1.86. The molecule has 0 bridgehead atoms. The lowest BCUT2D eigenvalue weighted by molar-refractivity contribution is -0.117. The van der Waals surface area contributed by atoms with Crippen molar-refractivity contribution in [1.82, 2.24) is 4.90 Å². The molecule has 0 spiro atoms. The highest BCUT2D eigenvalue weighted by molar-refractivity contribution is 7.91. The van der Waals surface area contributed by atoms with Crippen molar-refractivity contribution in [2.24, 2.45) is 5.73 Å². The number of hydrogen-bond acceptors (Lipinski definition) is 5. The number of benzene rings is 1. The van der Waals surface area contributed by atoms with Crippen molar-refractivity contribution in [1.29, 1.82) is 0 Å². The number of nitrogens with zero attached hydrogens (tertiary/aromatic N) is 1. The van der Waals surface area contributed by atoms with E-state index in [2.05, 4.69) is 0 Å². The lowest BCUT2D eigenvalue weighted by Gasteiger charge is -2.33. The molecule has 0 saturated carbocycles. The van der Waals surface area contributed by atoms with Gasteiger partial charge in [-0.25, -0.2) is 12.8 Å². The minimum Gasteiger partial charge on any atom is -0.371 e. The molecule has 1 unspecified atom stereocenters. The lowest BCUT2D eigenvalue weighted by Crippen LogP contribution is -2.41. The molecule has 1 saturated heterocycles. The summed E-state index contributed by atoms with van der Waals surface area (Å²) in [5.41, 5.74) is 5.84. The molecule has 6 nitrogen and oxygen atoms in total. The molecule has 23 heavy (non-hydrogen) atoms. The van der Waals surface area contributed by atoms with E-state index in [1.807, 2.05) is 4.90 Å². The second-order valence-corrected chi connectivity index (χ2v) is 7.88. The Bertz CT molecular complexity index is 633. The van der Waals surface area contributed by atoms with Crippen LogP contribution in [0.3, 0.4) is 0 Å². The van der Waals surface area contributed by atoms with Gasteiger partial charge in [-0.1, -0.05) is 12.1 Å². The smallest absolute Gasteiger partial charge is 0.218 e. The molecule has 1 heterocycles. The first-order chi connectivity index (χ1) is 10.9. The molecule has 2 rings (SSSR count). The number of hydrogen-bond donors (Lipinski definition) is 1. The van der Waals surface area contributed by atoms with Crippen LogP contribution < -0.4 is 5.73 Å². The van der Waals surface area contributed by atoms with Crippen LogP contribution in [0.1, 0.15) is 18.1 Å². The molecule has 1 aliphatic rings. The third-order valence-electron chi connectivity index (χ3n) is 3.77. The normalized spacial score (nSPS) is 19.6. The largest absolute Gasteiger partial charge is 0.371 e. The van der Waals surface area contributed by atoms with Crippen LogP contribution in [-0.4, -0.2) is 57.0 Å². The summed E-state index contributed by atoms with van der Waals surface area (Å²) in [6, 6.07) is 6.11. The van der Waals surface area contributed by atoms with Gasteiger partial charge < -0.3 is 10.5 Å². The average Bonchev–Trinajstić information content (AvgIpc) is 2.52. The molecule has 0 aliphatic carbocycles. The summed E-state index contributed by atoms with van der Waals surface area (Å²) >= 11 is 0. The maximum Gasteiger partial charge on any atom is 0.218 e. The Kier molecular flexibility index (Phi) is 6.09. The second-order valence-electron chi connectivity index (χ2n) is 5.58. The molecule has 1 aromatic carbocycles. The number of rotatable bonds is 7. The van der Waals surface area contributed by atoms with E-state index in [0.29, 0.717) is 26.2 Å². The highest BCUT2D eigenvalue weighted by Crippen LogP contribution is 2.22. The van der Waals surface area contributed by atoms with Gasteiger partial charge in [0.2, 0.25) is 5.91 Å². The Morgan fingerprint density at radius 1 is 1.30 bits per heavy atom. The van der Waals surface area contributed by atoms with E-state index < -0.39 is 15.7 Å². The number of halogens is 1. The zero-order chi connectivity index (χ0) is 16.9. The zero-order valence-electron chi connectivity index (χ0n) is 12.8. The quantitative estimate of drug-likeness (QED) is 0.777. The van der Waals surface area contributed by atoms with Gasteiger partial charge in [0.25, 0.3) is 0 Å². The van der Waals surface area contributed by atoms with E-state index in [-0.39, 0.29) is 29.8 Å². The molecule has 2 N–H and O–H groups in total. The molecule has 1 aromatic rings. The van der Waals surface area contributed by atoms with E-state index in [1.54, 1.807) is 12.1 Å². The third-order valence-corrected chi connectivity index (χ3v) is 5.40. The van der Waals surface area contributed by atoms with Gasteiger partial charge in [0.05, 0.1) is 24.2 Å². The first kappa shape index (κ1) is 17.8. The van der Waals surface area contributed by atoms with E-state index >= 15 is 0 Å². The first-order valence-corrected chi connectivity index (χ1v) is 9.26. The number of morpholine rings is 1. The Morgan fingerprint density at radius 2 is 2.00 bits per heavy atom. The van der Waals surface area contributed by atoms with Gasteiger partial charge in [0.1, 0.15) is 5.82 Å². The van der Waals surface area contributed by atoms with Gasteiger partial charge in [-0.15, -0.1) is 0 Å². The minimum absolute atomic E-state index is 0.0174. The molecule has 1 aliphatic heterocycles. The number of ether oxygens (including phenoxy) is 1. The topological polar surface area (TPSA) is 89.7 Å². The molecule has 0 radical (unpaired) electrons. The second kappa shape index (κ2) is 7.85. The molecule has 1 atom stereocenters. The first-order valence-electron chi connectivity index (χ1n) is 7.44. The molecular formula is C15H21FN2O4S. The monoisotopic (exact) mass is 344 g/mol. The fraction of sp³-hybridized carbons (Fsp3) is 0.533. The minimum atomic E-state index is -3.30. The third kappa shape index (κ3) is 5.89. The summed E-state index contributed by atoms with van der Waals surface area (Å²) < 4.78 is 42.3. The fourth-order valence-corrected chi connectivity index (χ4v) is 3.66. The van der Waals surface area contributed by atoms with Crippen LogP contribution >= 0.6 is 0 Å². The van der Waals surface area contributed by atoms with Crippen molar-refractivity contribution in [2.45, 2.75) is 12.5 Å². The van der Waals surface area contributed by atoms with Crippen molar-refractivity contribution in [3.63, 3.8) is 0 Å². The van der Waals surface area contributed by atoms with E-state index in [1.165, 1.54) is 12.1 Å². The van der Waals surface area contributed by atoms with Gasteiger partial charge in [-0.2, -0.15) is 0 Å². The SMILES string of the molecule is NC(=O)CCS(=O)(=O)CCN1CCOC(c2ccc(F)cc2)C1. The standard InChI is InChI=1S/C15H21FN2O4S/c16-13-3-1-12(2-4-13)14-11-18(6-8-22-14)7-10-23(20,21)9-5-15(17)19/h1-4,14H,5-11H2,(H2,17,19). The molecular weight excluding hydrogens is 323 g/mol. The van der Waals surface area contributed by atoms with Crippen LogP contribution in [0, 0.1) is 5.82 Å². The molecule has 1 amide bonds. The predicted octanol–water partition coefficient (Wildman–Crippen LogP) is 0.489. The van der Waals surface area contributed by atoms with Crippen LogP contribution in [0.4, 0.5) is 4.39 Å². The van der Waals surface area contributed by atoms with Gasteiger partial charge >= 0.3 is 0 Å². The van der Waals surface area contributed by atoms with Crippen molar-refractivity contribution < 1.29 is 22.3 Å². The number of primary amides is 1. The maximum absolute atomic E-state index is 13.0. The summed E-state index contributed by atoms with van der Waals surface area (Å²) in [6.07, 6.45) is -0.346. The Morgan fingerprint density at radius 3 is 2.65 bits per heavy atom. The number of sulfone groups is 1. The van der Waals surface area contributed by atoms with Crippen LogP contribution in [-0.2, 0) is 19.4 Å². The van der Waals surface area contributed by atoms with Gasteiger partial charge in [0, 0.05) is 26.1 Å². The number of carbonyl (C=O) groups excluding carboxylic acids is 1. The van der Waals surface area contributed by atoms with Crippen LogP contribution in [0.25, 0.3) is 0 Å².